The molecule has 31 heavy (non-hydrogen) atoms. The van der Waals surface area contributed by atoms with Crippen molar-refractivity contribution in [3.05, 3.63) is 106 Å². The van der Waals surface area contributed by atoms with Crippen LogP contribution in [-0.2, 0) is 11.4 Å². The molecule has 0 aliphatic heterocycles. The number of anilines is 1. The number of fused-ring (bicyclic) bond motifs is 1. The van der Waals surface area contributed by atoms with E-state index in [2.05, 4.69) is 5.32 Å². The van der Waals surface area contributed by atoms with Crippen molar-refractivity contribution in [1.29, 1.82) is 0 Å². The van der Waals surface area contributed by atoms with Gasteiger partial charge in [-0.15, -0.1) is 0 Å². The van der Waals surface area contributed by atoms with Gasteiger partial charge in [0.15, 0.2) is 5.78 Å². The molecular weight excluding hydrogens is 394 g/mol. The van der Waals surface area contributed by atoms with E-state index in [4.69, 9.17) is 9.15 Å². The summed E-state index contributed by atoms with van der Waals surface area (Å²) in [5.74, 6) is 0.296. The average Bonchev–Trinajstić information content (AvgIpc) is 2.77. The molecule has 0 atom stereocenters. The van der Waals surface area contributed by atoms with Crippen molar-refractivity contribution in [2.45, 2.75) is 13.5 Å². The largest absolute Gasteiger partial charge is 0.489 e. The minimum absolute atomic E-state index is 0.0613. The standard InChI is InChI=1S/C25H19NO5/c1-16(27)26-20-9-12-22-19(13-24(28)31-23(22)14-20)15-30-21-10-7-18(8-11-21)25(29)17-5-3-2-4-6-17/h2-14H,15H2,1H3,(H,26,27). The van der Waals surface area contributed by atoms with Crippen molar-refractivity contribution in [2.24, 2.45) is 0 Å². The molecule has 0 fully saturated rings. The lowest BCUT2D eigenvalue weighted by Crippen LogP contribution is -2.07. The van der Waals surface area contributed by atoms with Gasteiger partial charge in [0.1, 0.15) is 17.9 Å². The highest BCUT2D eigenvalue weighted by Gasteiger charge is 2.10. The molecule has 0 saturated heterocycles. The summed E-state index contributed by atoms with van der Waals surface area (Å²) in [6.45, 7) is 1.55. The lowest BCUT2D eigenvalue weighted by molar-refractivity contribution is -0.114. The second-order valence-electron chi connectivity index (χ2n) is 6.99. The number of benzene rings is 3. The molecule has 1 aromatic heterocycles. The first-order valence-corrected chi connectivity index (χ1v) is 9.66. The maximum atomic E-state index is 12.5. The molecule has 0 bridgehead atoms. The highest BCUT2D eigenvalue weighted by molar-refractivity contribution is 6.09. The fraction of sp³-hybridized carbons (Fsp3) is 0.0800. The SMILES string of the molecule is CC(=O)Nc1ccc2c(COc3ccc(C(=O)c4ccccc4)cc3)cc(=O)oc2c1. The van der Waals surface area contributed by atoms with Crippen molar-refractivity contribution in [2.75, 3.05) is 5.32 Å². The van der Waals surface area contributed by atoms with Gasteiger partial charge in [0, 0.05) is 46.8 Å². The van der Waals surface area contributed by atoms with Gasteiger partial charge in [0.2, 0.25) is 5.91 Å². The summed E-state index contributed by atoms with van der Waals surface area (Å²) in [6, 6.07) is 22.4. The zero-order valence-corrected chi connectivity index (χ0v) is 16.8. The second-order valence-corrected chi connectivity index (χ2v) is 6.99. The quantitative estimate of drug-likeness (QED) is 0.370. The predicted octanol–water partition coefficient (Wildman–Crippen LogP) is 4.56. The second kappa shape index (κ2) is 8.67. The maximum absolute atomic E-state index is 12.5. The summed E-state index contributed by atoms with van der Waals surface area (Å²) in [5.41, 5.74) is 2.24. The Bertz CT molecular complexity index is 1310. The van der Waals surface area contributed by atoms with Crippen molar-refractivity contribution in [1.82, 2.24) is 0 Å². The first kappa shape index (κ1) is 20.1. The number of rotatable bonds is 6. The molecule has 3 aromatic carbocycles. The molecule has 0 saturated carbocycles. The summed E-state index contributed by atoms with van der Waals surface area (Å²) >= 11 is 0. The molecule has 4 aromatic rings. The van der Waals surface area contributed by atoms with Crippen molar-refractivity contribution >= 4 is 28.3 Å². The maximum Gasteiger partial charge on any atom is 0.336 e. The third-order valence-corrected chi connectivity index (χ3v) is 4.70. The van der Waals surface area contributed by atoms with E-state index in [1.807, 2.05) is 18.2 Å². The zero-order valence-electron chi connectivity index (χ0n) is 16.8. The van der Waals surface area contributed by atoms with Gasteiger partial charge in [0.05, 0.1) is 0 Å². The Kier molecular flexibility index (Phi) is 5.62. The smallest absolute Gasteiger partial charge is 0.336 e. The number of ether oxygens (including phenoxy) is 1. The Morgan fingerprint density at radius 1 is 0.903 bits per heavy atom. The van der Waals surface area contributed by atoms with Crippen molar-refractivity contribution < 1.29 is 18.7 Å². The van der Waals surface area contributed by atoms with Crippen molar-refractivity contribution in [3.63, 3.8) is 0 Å². The van der Waals surface area contributed by atoms with Crippen LogP contribution in [0, 0.1) is 0 Å². The van der Waals surface area contributed by atoms with Crippen LogP contribution in [-0.4, -0.2) is 11.7 Å². The van der Waals surface area contributed by atoms with Gasteiger partial charge in [-0.1, -0.05) is 30.3 Å². The summed E-state index contributed by atoms with van der Waals surface area (Å²) in [5, 5.41) is 3.37. The molecule has 1 heterocycles. The number of hydrogen-bond acceptors (Lipinski definition) is 5. The third-order valence-electron chi connectivity index (χ3n) is 4.70. The van der Waals surface area contributed by atoms with Crippen LogP contribution in [0.25, 0.3) is 11.0 Å². The molecule has 0 aliphatic carbocycles. The van der Waals surface area contributed by atoms with Crippen LogP contribution in [0.5, 0.6) is 5.75 Å². The molecule has 6 heteroatoms. The molecule has 4 rings (SSSR count). The Morgan fingerprint density at radius 3 is 2.32 bits per heavy atom. The Labute approximate surface area is 178 Å². The first-order chi connectivity index (χ1) is 15.0. The molecule has 1 amide bonds. The van der Waals surface area contributed by atoms with E-state index in [1.54, 1.807) is 54.6 Å². The average molecular weight is 413 g/mol. The number of carbonyl (C=O) groups excluding carboxylic acids is 2. The van der Waals surface area contributed by atoms with E-state index in [0.29, 0.717) is 39.1 Å². The molecular formula is C25H19NO5. The lowest BCUT2D eigenvalue weighted by Gasteiger charge is -2.10. The summed E-state index contributed by atoms with van der Waals surface area (Å²) in [6.07, 6.45) is 0. The van der Waals surface area contributed by atoms with Crippen LogP contribution in [0.2, 0.25) is 0 Å². The van der Waals surface area contributed by atoms with Crippen LogP contribution >= 0.6 is 0 Å². The van der Waals surface area contributed by atoms with Gasteiger partial charge in [-0.2, -0.15) is 0 Å². The van der Waals surface area contributed by atoms with Crippen LogP contribution < -0.4 is 15.7 Å². The highest BCUT2D eigenvalue weighted by Crippen LogP contribution is 2.23. The summed E-state index contributed by atoms with van der Waals surface area (Å²) < 4.78 is 11.1. The molecule has 1 N–H and O–H groups in total. The van der Waals surface area contributed by atoms with Gasteiger partial charge in [-0.25, -0.2) is 4.79 Å². The Morgan fingerprint density at radius 2 is 1.61 bits per heavy atom. The molecule has 0 aliphatic rings. The minimum Gasteiger partial charge on any atom is -0.489 e. The fourth-order valence-corrected chi connectivity index (χ4v) is 3.25. The van der Waals surface area contributed by atoms with Gasteiger partial charge in [-0.05, 0) is 36.4 Å². The van der Waals surface area contributed by atoms with Gasteiger partial charge < -0.3 is 14.5 Å². The van der Waals surface area contributed by atoms with E-state index >= 15 is 0 Å². The number of hydrogen-bond donors (Lipinski definition) is 1. The number of nitrogens with one attached hydrogen (secondary N) is 1. The Balaban J connectivity index is 1.52. The number of ketones is 1. The number of amides is 1. The van der Waals surface area contributed by atoms with E-state index in [0.717, 1.165) is 0 Å². The van der Waals surface area contributed by atoms with E-state index in [-0.39, 0.29) is 18.3 Å². The number of carbonyl (C=O) groups is 2. The Hall–Kier alpha value is -4.19. The fourth-order valence-electron chi connectivity index (χ4n) is 3.25. The molecule has 0 spiro atoms. The van der Waals surface area contributed by atoms with Gasteiger partial charge in [0.25, 0.3) is 0 Å². The van der Waals surface area contributed by atoms with E-state index in [1.165, 1.54) is 13.0 Å². The predicted molar refractivity (Wildman–Crippen MR) is 117 cm³/mol. The summed E-state index contributed by atoms with van der Waals surface area (Å²) in [4.78, 5) is 35.7. The summed E-state index contributed by atoms with van der Waals surface area (Å²) in [7, 11) is 0. The van der Waals surface area contributed by atoms with E-state index < -0.39 is 5.63 Å². The topological polar surface area (TPSA) is 85.6 Å². The first-order valence-electron chi connectivity index (χ1n) is 9.66. The van der Waals surface area contributed by atoms with Crippen LogP contribution in [0.1, 0.15) is 28.4 Å². The molecule has 0 unspecified atom stereocenters. The lowest BCUT2D eigenvalue weighted by atomic mass is 10.0. The van der Waals surface area contributed by atoms with Crippen molar-refractivity contribution in [3.8, 4) is 5.75 Å². The third kappa shape index (κ3) is 4.70. The van der Waals surface area contributed by atoms with Crippen LogP contribution in [0.4, 0.5) is 5.69 Å². The van der Waals surface area contributed by atoms with Crippen LogP contribution in [0.3, 0.4) is 0 Å². The zero-order chi connectivity index (χ0) is 21.8. The molecule has 0 radical (unpaired) electrons. The van der Waals surface area contributed by atoms with Gasteiger partial charge >= 0.3 is 5.63 Å². The van der Waals surface area contributed by atoms with Gasteiger partial charge in [-0.3, -0.25) is 9.59 Å². The monoisotopic (exact) mass is 413 g/mol. The van der Waals surface area contributed by atoms with E-state index in [9.17, 15) is 14.4 Å². The normalized spacial score (nSPS) is 10.6. The highest BCUT2D eigenvalue weighted by atomic mass is 16.5. The molecule has 6 nitrogen and oxygen atoms in total. The van der Waals surface area contributed by atoms with Crippen LogP contribution in [0.15, 0.2) is 88.1 Å². The minimum atomic E-state index is -0.505. The molecule has 154 valence electrons.